The normalized spacial score (nSPS) is 20.7. The first-order chi connectivity index (χ1) is 15.7. The van der Waals surface area contributed by atoms with E-state index in [9.17, 15) is 13.2 Å². The lowest BCUT2D eigenvalue weighted by Gasteiger charge is -2.37. The van der Waals surface area contributed by atoms with E-state index in [1.54, 1.807) is 30.5 Å². The average molecular weight is 467 g/mol. The lowest BCUT2D eigenvalue weighted by Crippen LogP contribution is -2.37. The van der Waals surface area contributed by atoms with Gasteiger partial charge in [0, 0.05) is 19.2 Å². The lowest BCUT2D eigenvalue weighted by molar-refractivity contribution is -0.117. The second kappa shape index (κ2) is 10.7. The van der Waals surface area contributed by atoms with Crippen LogP contribution in [-0.2, 0) is 14.8 Å². The third-order valence-electron chi connectivity index (χ3n) is 6.23. The Morgan fingerprint density at radius 2 is 2.03 bits per heavy atom. The molecule has 33 heavy (non-hydrogen) atoms. The second-order valence-corrected chi connectivity index (χ2v) is 10.6. The average Bonchev–Trinajstić information content (AvgIpc) is 2.79. The van der Waals surface area contributed by atoms with Crippen molar-refractivity contribution < 1.29 is 13.2 Å². The summed E-state index contributed by atoms with van der Waals surface area (Å²) >= 11 is 0. The highest BCUT2D eigenvalue weighted by Crippen LogP contribution is 2.39. The number of carbonyl (C=O) groups is 1. The third-order valence-corrected chi connectivity index (χ3v) is 7.65. The molecule has 0 aliphatic heterocycles. The molecule has 0 fully saturated rings. The molecule has 2 N–H and O–H groups in total. The molecule has 0 bridgehead atoms. The quantitative estimate of drug-likeness (QED) is 0.569. The smallest absolute Gasteiger partial charge is 0.240 e. The molecule has 8 heteroatoms. The van der Waals surface area contributed by atoms with Gasteiger partial charge in [0.15, 0.2) is 0 Å². The van der Waals surface area contributed by atoms with Crippen molar-refractivity contribution >= 4 is 21.7 Å². The molecule has 174 valence electrons. The Hall–Kier alpha value is -3.02. The summed E-state index contributed by atoms with van der Waals surface area (Å²) in [5.74, 6) is 1.13. The molecule has 0 spiro atoms. The number of nitrogens with zero attached hydrogens (tertiary/aromatic N) is 2. The van der Waals surface area contributed by atoms with E-state index < -0.39 is 10.0 Å². The van der Waals surface area contributed by atoms with Gasteiger partial charge < -0.3 is 5.32 Å². The first kappa shape index (κ1) is 24.6. The van der Waals surface area contributed by atoms with Crippen LogP contribution in [0.3, 0.4) is 0 Å². The summed E-state index contributed by atoms with van der Waals surface area (Å²) in [7, 11) is -3.73. The molecule has 0 saturated carbocycles. The summed E-state index contributed by atoms with van der Waals surface area (Å²) in [6.45, 7) is 6.53. The Labute approximate surface area is 196 Å². The number of nitrogens with one attached hydrogen (secondary N) is 2. The standard InChI is InChI=1S/C25H30N4O3S/c1-17(2)23-13-20(14-25(30)29-24-9-4-5-10-27-24)18(3)11-21(23)16-28-33(31,32)22-8-6-7-19(12-22)15-26/h4-12,17,20-21,23,28H,13-14,16H2,1-3H3,(H,27,29,30). The minimum Gasteiger partial charge on any atom is -0.311 e. The maximum Gasteiger partial charge on any atom is 0.240 e. The first-order valence-electron chi connectivity index (χ1n) is 11.1. The SMILES string of the molecule is CC1=CC(CNS(=O)(=O)c2cccc(C#N)c2)C(C(C)C)CC1CC(=O)Nc1ccccn1. The van der Waals surface area contributed by atoms with Crippen molar-refractivity contribution in [3.63, 3.8) is 0 Å². The molecule has 7 nitrogen and oxygen atoms in total. The molecule has 0 radical (unpaired) electrons. The molecule has 1 heterocycles. The van der Waals surface area contributed by atoms with Crippen molar-refractivity contribution in [2.75, 3.05) is 11.9 Å². The summed E-state index contributed by atoms with van der Waals surface area (Å²) in [4.78, 5) is 16.8. The summed E-state index contributed by atoms with van der Waals surface area (Å²) in [5, 5.41) is 11.9. The number of hydrogen-bond donors (Lipinski definition) is 2. The molecule has 1 aromatic heterocycles. The van der Waals surface area contributed by atoms with Crippen LogP contribution in [0.4, 0.5) is 5.82 Å². The fraction of sp³-hybridized carbons (Fsp3) is 0.400. The first-order valence-corrected chi connectivity index (χ1v) is 12.6. The van der Waals surface area contributed by atoms with Crippen molar-refractivity contribution in [3.8, 4) is 6.07 Å². The van der Waals surface area contributed by atoms with E-state index in [-0.39, 0.29) is 35.1 Å². The molecule has 1 aliphatic rings. The minimum absolute atomic E-state index is 0.0222. The summed E-state index contributed by atoms with van der Waals surface area (Å²) in [6, 6.07) is 13.4. The number of sulfonamides is 1. The predicted molar refractivity (Wildman–Crippen MR) is 128 cm³/mol. The molecule has 2 aromatic rings. The maximum absolute atomic E-state index is 12.8. The van der Waals surface area contributed by atoms with Crippen molar-refractivity contribution in [3.05, 3.63) is 65.9 Å². The topological polar surface area (TPSA) is 112 Å². The summed E-state index contributed by atoms with van der Waals surface area (Å²) in [5.41, 5.74) is 1.40. The van der Waals surface area contributed by atoms with Gasteiger partial charge in [0.2, 0.25) is 15.9 Å². The van der Waals surface area contributed by atoms with Crippen molar-refractivity contribution in [1.29, 1.82) is 5.26 Å². The molecule has 1 aromatic carbocycles. The van der Waals surface area contributed by atoms with Crippen molar-refractivity contribution in [2.45, 2.75) is 38.5 Å². The summed E-state index contributed by atoms with van der Waals surface area (Å²) < 4.78 is 28.3. The number of rotatable bonds is 8. The number of pyridine rings is 1. The van der Waals surface area contributed by atoms with Gasteiger partial charge in [0.05, 0.1) is 16.5 Å². The number of nitriles is 1. The van der Waals surface area contributed by atoms with Crippen molar-refractivity contribution in [2.24, 2.45) is 23.7 Å². The largest absolute Gasteiger partial charge is 0.311 e. The van der Waals surface area contributed by atoms with Gasteiger partial charge in [0.25, 0.3) is 0 Å². The zero-order valence-electron chi connectivity index (χ0n) is 19.2. The molecule has 1 aliphatic carbocycles. The fourth-order valence-electron chi connectivity index (χ4n) is 4.38. The molecule has 3 rings (SSSR count). The highest BCUT2D eigenvalue weighted by Gasteiger charge is 2.33. The lowest BCUT2D eigenvalue weighted by atomic mass is 9.70. The molecular formula is C25H30N4O3S. The van der Waals surface area contributed by atoms with Gasteiger partial charge >= 0.3 is 0 Å². The number of amides is 1. The van der Waals surface area contributed by atoms with Crippen molar-refractivity contribution in [1.82, 2.24) is 9.71 Å². The van der Waals surface area contributed by atoms with E-state index in [0.717, 1.165) is 12.0 Å². The van der Waals surface area contributed by atoms with Gasteiger partial charge in [-0.25, -0.2) is 18.1 Å². The van der Waals surface area contributed by atoms with E-state index >= 15 is 0 Å². The molecule has 0 saturated heterocycles. The molecule has 1 amide bonds. The van der Waals surface area contributed by atoms with Gasteiger partial charge in [0.1, 0.15) is 5.82 Å². The number of carbonyl (C=O) groups excluding carboxylic acids is 1. The molecule has 3 unspecified atom stereocenters. The van der Waals surface area contributed by atoms with Crippen LogP contribution >= 0.6 is 0 Å². The van der Waals surface area contributed by atoms with Gasteiger partial charge in [-0.15, -0.1) is 0 Å². The zero-order chi connectivity index (χ0) is 24.0. The monoisotopic (exact) mass is 466 g/mol. The minimum atomic E-state index is -3.73. The van der Waals surface area contributed by atoms with Crippen LogP contribution in [0.5, 0.6) is 0 Å². The van der Waals surface area contributed by atoms with E-state index in [1.165, 1.54) is 12.1 Å². The van der Waals surface area contributed by atoms with Crippen LogP contribution in [0.25, 0.3) is 0 Å². The van der Waals surface area contributed by atoms with Gasteiger partial charge in [-0.05, 0) is 67.3 Å². The Kier molecular flexibility index (Phi) is 8.01. The van der Waals surface area contributed by atoms with E-state index in [4.69, 9.17) is 5.26 Å². The molecule has 3 atom stereocenters. The fourth-order valence-corrected chi connectivity index (χ4v) is 5.50. The Morgan fingerprint density at radius 1 is 1.24 bits per heavy atom. The van der Waals surface area contributed by atoms with Crippen LogP contribution in [0, 0.1) is 35.0 Å². The summed E-state index contributed by atoms with van der Waals surface area (Å²) in [6.07, 6.45) is 4.92. The van der Waals surface area contributed by atoms with E-state index in [2.05, 4.69) is 34.9 Å². The van der Waals surface area contributed by atoms with E-state index in [1.807, 2.05) is 19.1 Å². The Bertz CT molecular complexity index is 1150. The van der Waals surface area contributed by atoms with Gasteiger partial charge in [-0.3, -0.25) is 4.79 Å². The highest BCUT2D eigenvalue weighted by atomic mass is 32.2. The van der Waals surface area contributed by atoms with Gasteiger partial charge in [-0.2, -0.15) is 5.26 Å². The maximum atomic E-state index is 12.8. The number of aromatic nitrogens is 1. The number of hydrogen-bond acceptors (Lipinski definition) is 5. The van der Waals surface area contributed by atoms with Crippen LogP contribution in [0.1, 0.15) is 39.2 Å². The Balaban J connectivity index is 1.69. The van der Waals surface area contributed by atoms with Crippen LogP contribution in [0.15, 0.2) is 65.2 Å². The van der Waals surface area contributed by atoms with Gasteiger partial charge in [-0.1, -0.05) is 37.6 Å². The Morgan fingerprint density at radius 3 is 2.70 bits per heavy atom. The predicted octanol–water partition coefficient (Wildman–Crippen LogP) is 4.11. The zero-order valence-corrected chi connectivity index (χ0v) is 20.0. The third kappa shape index (κ3) is 6.50. The number of anilines is 1. The number of allylic oxidation sites excluding steroid dienone is 1. The van der Waals surface area contributed by atoms with Crippen LogP contribution < -0.4 is 10.0 Å². The number of benzene rings is 1. The van der Waals surface area contributed by atoms with Crippen LogP contribution in [-0.4, -0.2) is 25.9 Å². The highest BCUT2D eigenvalue weighted by molar-refractivity contribution is 7.89. The van der Waals surface area contributed by atoms with Crippen LogP contribution in [0.2, 0.25) is 0 Å². The van der Waals surface area contributed by atoms with E-state index in [0.29, 0.717) is 23.7 Å². The molecular weight excluding hydrogens is 436 g/mol. The second-order valence-electron chi connectivity index (χ2n) is 8.87.